The maximum atomic E-state index is 12.7. The molecule has 1 aliphatic heterocycles. The second-order valence-electron chi connectivity index (χ2n) is 7.16. The van der Waals surface area contributed by atoms with E-state index in [1.807, 2.05) is 0 Å². The van der Waals surface area contributed by atoms with Gasteiger partial charge >= 0.3 is 0 Å². The number of imide groups is 1. The highest BCUT2D eigenvalue weighted by molar-refractivity contribution is 9.10. The fraction of sp³-hybridized carbons (Fsp3) is 0.0833. The van der Waals surface area contributed by atoms with Crippen molar-refractivity contribution in [1.82, 2.24) is 4.90 Å². The van der Waals surface area contributed by atoms with E-state index in [0.717, 1.165) is 26.7 Å². The van der Waals surface area contributed by atoms with E-state index in [4.69, 9.17) is 4.42 Å². The van der Waals surface area contributed by atoms with Gasteiger partial charge in [0.1, 0.15) is 18.1 Å². The summed E-state index contributed by atoms with van der Waals surface area (Å²) in [6.07, 6.45) is 1.48. The third kappa shape index (κ3) is 5.32. The van der Waals surface area contributed by atoms with Gasteiger partial charge in [-0.1, -0.05) is 40.2 Å². The van der Waals surface area contributed by atoms with Crippen molar-refractivity contribution in [3.63, 3.8) is 0 Å². The first-order chi connectivity index (χ1) is 15.8. The van der Waals surface area contributed by atoms with Gasteiger partial charge in [-0.2, -0.15) is 0 Å². The lowest BCUT2D eigenvalue weighted by molar-refractivity contribution is -0.127. The third-order valence-corrected chi connectivity index (χ3v) is 6.22. The zero-order valence-corrected chi connectivity index (χ0v) is 19.7. The average molecular weight is 525 g/mol. The first-order valence-corrected chi connectivity index (χ1v) is 11.4. The Kier molecular flexibility index (Phi) is 6.62. The zero-order valence-electron chi connectivity index (χ0n) is 17.3. The van der Waals surface area contributed by atoms with E-state index in [9.17, 15) is 19.2 Å². The Balaban J connectivity index is 1.43. The highest BCUT2D eigenvalue weighted by atomic mass is 79.9. The van der Waals surface area contributed by atoms with Crippen LogP contribution in [0, 0.1) is 0 Å². The number of nitrogens with one attached hydrogen (secondary N) is 1. The van der Waals surface area contributed by atoms with Crippen molar-refractivity contribution in [2.45, 2.75) is 6.92 Å². The molecule has 0 bridgehead atoms. The molecule has 0 atom stereocenters. The van der Waals surface area contributed by atoms with E-state index >= 15 is 0 Å². The van der Waals surface area contributed by atoms with Crippen molar-refractivity contribution in [1.29, 1.82) is 0 Å². The maximum Gasteiger partial charge on any atom is 0.294 e. The number of hydrogen-bond donors (Lipinski definition) is 1. The maximum absolute atomic E-state index is 12.7. The molecule has 166 valence electrons. The average Bonchev–Trinajstić information content (AvgIpc) is 3.36. The molecule has 0 saturated carbocycles. The van der Waals surface area contributed by atoms with Crippen LogP contribution in [0.3, 0.4) is 0 Å². The van der Waals surface area contributed by atoms with Crippen molar-refractivity contribution in [3.05, 3.63) is 81.4 Å². The molecule has 0 radical (unpaired) electrons. The van der Waals surface area contributed by atoms with Gasteiger partial charge in [0.25, 0.3) is 11.1 Å². The number of carbonyl (C=O) groups is 4. The lowest BCUT2D eigenvalue weighted by atomic mass is 10.1. The van der Waals surface area contributed by atoms with Gasteiger partial charge in [-0.3, -0.25) is 24.1 Å². The number of carbonyl (C=O) groups excluding carboxylic acids is 4. The van der Waals surface area contributed by atoms with Crippen molar-refractivity contribution in [2.75, 3.05) is 11.9 Å². The van der Waals surface area contributed by atoms with Crippen molar-refractivity contribution in [2.24, 2.45) is 0 Å². The molecule has 3 amide bonds. The number of ketones is 1. The van der Waals surface area contributed by atoms with Gasteiger partial charge in [-0.25, -0.2) is 0 Å². The number of hydrogen-bond acceptors (Lipinski definition) is 6. The van der Waals surface area contributed by atoms with Gasteiger partial charge in [0.2, 0.25) is 5.91 Å². The largest absolute Gasteiger partial charge is 0.457 e. The highest BCUT2D eigenvalue weighted by Gasteiger charge is 2.36. The first-order valence-electron chi connectivity index (χ1n) is 9.82. The molecule has 2 heterocycles. The molecule has 1 fully saturated rings. The first kappa shape index (κ1) is 22.8. The molecule has 1 N–H and O–H groups in total. The van der Waals surface area contributed by atoms with Gasteiger partial charge in [-0.05, 0) is 55.1 Å². The predicted molar refractivity (Wildman–Crippen MR) is 130 cm³/mol. The minimum Gasteiger partial charge on any atom is -0.457 e. The number of furan rings is 1. The van der Waals surface area contributed by atoms with Crippen LogP contribution in [0.5, 0.6) is 0 Å². The molecule has 33 heavy (non-hydrogen) atoms. The van der Waals surface area contributed by atoms with Crippen LogP contribution < -0.4 is 5.32 Å². The monoisotopic (exact) mass is 524 g/mol. The number of benzene rings is 2. The Bertz CT molecular complexity index is 1280. The summed E-state index contributed by atoms with van der Waals surface area (Å²) in [6.45, 7) is 1.11. The molecule has 1 saturated heterocycles. The molecule has 0 unspecified atom stereocenters. The Morgan fingerprint density at radius 2 is 1.73 bits per heavy atom. The number of Topliss-reactive ketones (excluding diaryl/α,β-unsaturated/α-hetero) is 1. The van der Waals surface area contributed by atoms with Crippen molar-refractivity contribution < 1.29 is 23.6 Å². The Morgan fingerprint density at radius 1 is 1.03 bits per heavy atom. The van der Waals surface area contributed by atoms with Crippen LogP contribution in [0.2, 0.25) is 0 Å². The fourth-order valence-corrected chi connectivity index (χ4v) is 4.18. The van der Waals surface area contributed by atoms with Crippen LogP contribution in [0.1, 0.15) is 23.0 Å². The minimum atomic E-state index is -0.556. The topological polar surface area (TPSA) is 96.7 Å². The summed E-state index contributed by atoms with van der Waals surface area (Å²) in [6, 6.07) is 17.4. The molecule has 2 aromatic carbocycles. The molecule has 1 aromatic heterocycles. The summed E-state index contributed by atoms with van der Waals surface area (Å²) in [5, 5.41) is 2.14. The molecule has 3 aromatic rings. The summed E-state index contributed by atoms with van der Waals surface area (Å²) >= 11 is 4.07. The van der Waals surface area contributed by atoms with Crippen molar-refractivity contribution >= 4 is 62.3 Å². The lowest BCUT2D eigenvalue weighted by Crippen LogP contribution is -2.36. The Hall–Kier alpha value is -3.43. The van der Waals surface area contributed by atoms with Crippen LogP contribution in [-0.4, -0.2) is 34.3 Å². The Labute approximate surface area is 202 Å². The predicted octanol–water partition coefficient (Wildman–Crippen LogP) is 5.59. The number of anilines is 1. The molecular weight excluding hydrogens is 508 g/mol. The van der Waals surface area contributed by atoms with E-state index < -0.39 is 17.1 Å². The molecule has 7 nitrogen and oxygen atoms in total. The van der Waals surface area contributed by atoms with Crippen LogP contribution in [0.4, 0.5) is 10.5 Å². The molecular formula is C24H17BrN2O5S. The smallest absolute Gasteiger partial charge is 0.294 e. The molecule has 4 rings (SSSR count). The number of rotatable bonds is 6. The molecule has 9 heteroatoms. The van der Waals surface area contributed by atoms with E-state index in [1.165, 1.54) is 13.0 Å². The molecule has 0 aliphatic carbocycles. The van der Waals surface area contributed by atoms with Gasteiger partial charge in [0.15, 0.2) is 5.78 Å². The summed E-state index contributed by atoms with van der Waals surface area (Å²) in [5.41, 5.74) is 1.94. The minimum absolute atomic E-state index is 0.0251. The fourth-order valence-electron chi connectivity index (χ4n) is 3.10. The number of thioether (sulfide) groups is 1. The van der Waals surface area contributed by atoms with E-state index in [0.29, 0.717) is 22.8 Å². The summed E-state index contributed by atoms with van der Waals surface area (Å²) < 4.78 is 6.65. The SMILES string of the molecule is CC(=O)c1ccc(-c2ccc(/C=C3/SC(=O)N(CC(=O)Nc4ccc(Br)cc4)C3=O)o2)cc1. The third-order valence-electron chi connectivity index (χ3n) is 4.78. The second kappa shape index (κ2) is 9.60. The van der Waals surface area contributed by atoms with Crippen molar-refractivity contribution in [3.8, 4) is 11.3 Å². The summed E-state index contributed by atoms with van der Waals surface area (Å²) in [5.74, 6) is -0.104. The van der Waals surface area contributed by atoms with Gasteiger partial charge in [0, 0.05) is 27.4 Å². The summed E-state index contributed by atoms with van der Waals surface area (Å²) in [7, 11) is 0. The Morgan fingerprint density at radius 3 is 2.39 bits per heavy atom. The second-order valence-corrected chi connectivity index (χ2v) is 9.07. The van der Waals surface area contributed by atoms with E-state index in [1.54, 1.807) is 60.7 Å². The zero-order chi connectivity index (χ0) is 23.5. The van der Waals surface area contributed by atoms with Gasteiger partial charge in [-0.15, -0.1) is 0 Å². The normalized spacial score (nSPS) is 14.7. The van der Waals surface area contributed by atoms with Crippen LogP contribution >= 0.6 is 27.7 Å². The van der Waals surface area contributed by atoms with Gasteiger partial charge < -0.3 is 9.73 Å². The number of amides is 3. The van der Waals surface area contributed by atoms with Gasteiger partial charge in [0.05, 0.1) is 4.91 Å². The van der Waals surface area contributed by atoms with Crippen LogP contribution in [-0.2, 0) is 9.59 Å². The molecule has 0 spiro atoms. The standard InChI is InChI=1S/C24H17BrN2O5S/c1-14(28)15-2-4-16(5-3-15)20-11-10-19(32-20)12-21-23(30)27(24(31)33-21)13-22(29)26-18-8-6-17(25)7-9-18/h2-12H,13H2,1H3,(H,26,29)/b21-12+. The highest BCUT2D eigenvalue weighted by Crippen LogP contribution is 2.33. The van der Waals surface area contributed by atoms with Crippen LogP contribution in [0.25, 0.3) is 17.4 Å². The van der Waals surface area contributed by atoms with E-state index in [-0.39, 0.29) is 17.2 Å². The van der Waals surface area contributed by atoms with E-state index in [2.05, 4.69) is 21.2 Å². The molecule has 1 aliphatic rings. The number of nitrogens with zero attached hydrogens (tertiary/aromatic N) is 1. The quantitative estimate of drug-likeness (QED) is 0.333. The number of halogens is 1. The summed E-state index contributed by atoms with van der Waals surface area (Å²) in [4.78, 5) is 49.8. The van der Waals surface area contributed by atoms with Crippen LogP contribution in [0.15, 0.2) is 74.5 Å². The lowest BCUT2D eigenvalue weighted by Gasteiger charge is -2.12.